The molecule has 0 spiro atoms. The van der Waals surface area contributed by atoms with E-state index in [0.29, 0.717) is 13.1 Å². The molecule has 214 valence electrons. The number of amides is 3. The third-order valence-corrected chi connectivity index (χ3v) is 6.79. The number of hydrogen-bond donors (Lipinski definition) is 5. The molecule has 2 aromatic rings. The number of ether oxygens (including phenoxy) is 1. The second-order valence-electron chi connectivity index (χ2n) is 9.98. The minimum Gasteiger partial charge on any atom is -0.480 e. The summed E-state index contributed by atoms with van der Waals surface area (Å²) in [5, 5.41) is 21.1. The van der Waals surface area contributed by atoms with Crippen molar-refractivity contribution in [3.8, 4) is 0 Å². The zero-order valence-corrected chi connectivity index (χ0v) is 22.8. The van der Waals surface area contributed by atoms with Crippen LogP contribution in [0.5, 0.6) is 0 Å². The summed E-state index contributed by atoms with van der Waals surface area (Å²) in [5.41, 5.74) is 2.74. The van der Waals surface area contributed by atoms with Gasteiger partial charge in [-0.1, -0.05) is 36.4 Å². The SMILES string of the molecule is CC1CN(c2cccc(NC3=NCCCN3)c2)CC(C)N1C(=O)NC[C@H](NC(=O)OCc1ccccc1)C(=O)O. The Morgan fingerprint density at radius 2 is 1.85 bits per heavy atom. The highest BCUT2D eigenvalue weighted by molar-refractivity contribution is 5.94. The van der Waals surface area contributed by atoms with Gasteiger partial charge in [-0.2, -0.15) is 0 Å². The van der Waals surface area contributed by atoms with Crippen molar-refractivity contribution in [2.24, 2.45) is 4.99 Å². The number of guanidine groups is 1. The smallest absolute Gasteiger partial charge is 0.408 e. The summed E-state index contributed by atoms with van der Waals surface area (Å²) in [5.74, 6) is -0.504. The summed E-state index contributed by atoms with van der Waals surface area (Å²) < 4.78 is 5.11. The first kappa shape index (κ1) is 28.5. The van der Waals surface area contributed by atoms with Crippen molar-refractivity contribution in [1.29, 1.82) is 0 Å². The van der Waals surface area contributed by atoms with E-state index in [1.165, 1.54) is 0 Å². The van der Waals surface area contributed by atoms with Crippen molar-refractivity contribution in [1.82, 2.24) is 20.9 Å². The Hall–Kier alpha value is -4.48. The number of aliphatic carboxylic acids is 1. The van der Waals surface area contributed by atoms with Gasteiger partial charge in [0.25, 0.3) is 0 Å². The molecule has 0 saturated carbocycles. The van der Waals surface area contributed by atoms with Crippen LogP contribution in [0.15, 0.2) is 59.6 Å². The van der Waals surface area contributed by atoms with Crippen LogP contribution in [-0.4, -0.2) is 84.9 Å². The molecule has 1 saturated heterocycles. The van der Waals surface area contributed by atoms with Crippen LogP contribution in [-0.2, 0) is 16.1 Å². The third-order valence-electron chi connectivity index (χ3n) is 6.79. The van der Waals surface area contributed by atoms with E-state index < -0.39 is 18.1 Å². The Kier molecular flexibility index (Phi) is 9.66. The summed E-state index contributed by atoms with van der Waals surface area (Å²) in [6.45, 7) is 6.55. The highest BCUT2D eigenvalue weighted by atomic mass is 16.5. The van der Waals surface area contributed by atoms with E-state index in [2.05, 4.69) is 37.2 Å². The van der Waals surface area contributed by atoms with E-state index in [1.54, 1.807) is 17.0 Å². The molecule has 0 aliphatic carbocycles. The average molecular weight is 552 g/mol. The lowest BCUT2D eigenvalue weighted by atomic mass is 10.1. The zero-order valence-electron chi connectivity index (χ0n) is 22.8. The molecule has 2 aromatic carbocycles. The monoisotopic (exact) mass is 551 g/mol. The van der Waals surface area contributed by atoms with Gasteiger partial charge in [-0.15, -0.1) is 0 Å². The number of carbonyl (C=O) groups excluding carboxylic acids is 2. The Morgan fingerprint density at radius 1 is 1.10 bits per heavy atom. The Labute approximate surface area is 233 Å². The van der Waals surface area contributed by atoms with Gasteiger partial charge in [0.05, 0.1) is 6.54 Å². The number of alkyl carbamates (subject to hydrolysis) is 1. The number of benzene rings is 2. The molecule has 2 heterocycles. The number of carboxylic acid groups (broad SMARTS) is 1. The molecule has 1 fully saturated rings. The number of nitrogens with zero attached hydrogens (tertiary/aromatic N) is 3. The maximum Gasteiger partial charge on any atom is 0.408 e. The molecular weight excluding hydrogens is 514 g/mol. The summed E-state index contributed by atoms with van der Waals surface area (Å²) in [4.78, 5) is 45.4. The number of rotatable bonds is 8. The van der Waals surface area contributed by atoms with Crippen molar-refractivity contribution < 1.29 is 24.2 Å². The predicted octanol–water partition coefficient (Wildman–Crippen LogP) is 2.44. The molecule has 12 nitrogen and oxygen atoms in total. The topological polar surface area (TPSA) is 148 Å². The maximum atomic E-state index is 13.1. The van der Waals surface area contributed by atoms with E-state index in [9.17, 15) is 19.5 Å². The summed E-state index contributed by atoms with van der Waals surface area (Å²) in [6, 6.07) is 15.1. The molecular formula is C28H37N7O5. The molecule has 0 aromatic heterocycles. The van der Waals surface area contributed by atoms with Crippen molar-refractivity contribution >= 4 is 35.4 Å². The molecule has 3 amide bonds. The molecule has 2 unspecified atom stereocenters. The molecule has 3 atom stereocenters. The predicted molar refractivity (Wildman–Crippen MR) is 153 cm³/mol. The van der Waals surface area contributed by atoms with E-state index in [4.69, 9.17) is 4.74 Å². The lowest BCUT2D eigenvalue weighted by molar-refractivity contribution is -0.139. The normalized spacial score (nSPS) is 19.5. The molecule has 40 heavy (non-hydrogen) atoms. The molecule has 0 bridgehead atoms. The fourth-order valence-electron chi connectivity index (χ4n) is 4.86. The second kappa shape index (κ2) is 13.5. The van der Waals surface area contributed by atoms with Gasteiger partial charge in [-0.3, -0.25) is 4.99 Å². The highest BCUT2D eigenvalue weighted by Gasteiger charge is 2.34. The van der Waals surface area contributed by atoms with E-state index >= 15 is 0 Å². The maximum absolute atomic E-state index is 13.1. The summed E-state index contributed by atoms with van der Waals surface area (Å²) in [6.07, 6.45) is 0.150. The molecule has 4 rings (SSSR count). The van der Waals surface area contributed by atoms with Crippen molar-refractivity contribution in [3.63, 3.8) is 0 Å². The van der Waals surface area contributed by atoms with Crippen LogP contribution in [0, 0.1) is 0 Å². The third kappa shape index (κ3) is 7.78. The first-order valence-electron chi connectivity index (χ1n) is 13.5. The average Bonchev–Trinajstić information content (AvgIpc) is 2.95. The van der Waals surface area contributed by atoms with E-state index in [0.717, 1.165) is 42.4 Å². The van der Waals surface area contributed by atoms with Crippen molar-refractivity contribution in [2.45, 2.75) is 45.0 Å². The van der Waals surface area contributed by atoms with Crippen LogP contribution in [0.2, 0.25) is 0 Å². The fraction of sp³-hybridized carbons (Fsp3) is 0.429. The van der Waals surface area contributed by atoms with Gasteiger partial charge >= 0.3 is 18.1 Å². The molecule has 2 aliphatic heterocycles. The number of hydrogen-bond acceptors (Lipinski definition) is 8. The lowest BCUT2D eigenvalue weighted by Gasteiger charge is -2.45. The summed E-state index contributed by atoms with van der Waals surface area (Å²) in [7, 11) is 0. The molecule has 0 radical (unpaired) electrons. The largest absolute Gasteiger partial charge is 0.480 e. The highest BCUT2D eigenvalue weighted by Crippen LogP contribution is 2.25. The van der Waals surface area contributed by atoms with Gasteiger partial charge in [0.2, 0.25) is 0 Å². The number of carboxylic acids is 1. The minimum atomic E-state index is -1.34. The minimum absolute atomic E-state index is 0.00922. The second-order valence-corrected chi connectivity index (χ2v) is 9.98. The van der Waals surface area contributed by atoms with Crippen LogP contribution in [0.1, 0.15) is 25.8 Å². The van der Waals surface area contributed by atoms with E-state index in [-0.39, 0.29) is 31.3 Å². The molecule has 12 heteroatoms. The van der Waals surface area contributed by atoms with Gasteiger partial charge in [0.15, 0.2) is 5.96 Å². The summed E-state index contributed by atoms with van der Waals surface area (Å²) >= 11 is 0. The first-order valence-corrected chi connectivity index (χ1v) is 13.5. The van der Waals surface area contributed by atoms with Crippen molar-refractivity contribution in [2.75, 3.05) is 42.9 Å². The van der Waals surface area contributed by atoms with Gasteiger partial charge in [-0.05, 0) is 44.0 Å². The van der Waals surface area contributed by atoms with Gasteiger partial charge in [0, 0.05) is 49.6 Å². The van der Waals surface area contributed by atoms with Crippen LogP contribution in [0.3, 0.4) is 0 Å². The number of urea groups is 1. The Morgan fingerprint density at radius 3 is 2.52 bits per heavy atom. The zero-order chi connectivity index (χ0) is 28.5. The number of anilines is 2. The number of nitrogens with one attached hydrogen (secondary N) is 4. The van der Waals surface area contributed by atoms with Crippen LogP contribution in [0.4, 0.5) is 21.0 Å². The van der Waals surface area contributed by atoms with Crippen molar-refractivity contribution in [3.05, 3.63) is 60.2 Å². The van der Waals surface area contributed by atoms with Gasteiger partial charge < -0.3 is 40.9 Å². The van der Waals surface area contributed by atoms with Gasteiger partial charge in [-0.25, -0.2) is 14.4 Å². The molecule has 2 aliphatic rings. The number of carbonyl (C=O) groups is 3. The number of aliphatic imine (C=N–C) groups is 1. The van der Waals surface area contributed by atoms with Gasteiger partial charge in [0.1, 0.15) is 12.6 Å². The lowest BCUT2D eigenvalue weighted by Crippen LogP contribution is -2.62. The quantitative estimate of drug-likeness (QED) is 0.336. The fourth-order valence-corrected chi connectivity index (χ4v) is 4.86. The first-order chi connectivity index (χ1) is 19.3. The Bertz CT molecular complexity index is 1200. The van der Waals surface area contributed by atoms with Crippen LogP contribution >= 0.6 is 0 Å². The Balaban J connectivity index is 1.29. The van der Waals surface area contributed by atoms with E-state index in [1.807, 2.05) is 50.2 Å². The molecule has 5 N–H and O–H groups in total. The van der Waals surface area contributed by atoms with Crippen LogP contribution in [0.25, 0.3) is 0 Å². The van der Waals surface area contributed by atoms with Crippen LogP contribution < -0.4 is 26.2 Å². The standard InChI is InChI=1S/C28H37N7O5/c1-19-16-34(23-11-6-10-22(14-23)32-26-29-12-7-13-30-26)17-20(2)35(19)27(38)31-15-24(25(36)37)33-28(39)40-18-21-8-4-3-5-9-21/h3-6,8-11,14,19-20,24H,7,12-13,15-18H2,1-2H3,(H,31,38)(H,33,39)(H,36,37)(H2,29,30,32)/t19?,20?,24-/m0/s1. The number of piperazine rings is 1.